The fourth-order valence-electron chi connectivity index (χ4n) is 2.26. The molecule has 0 saturated carbocycles. The number of hydrogen-bond donors (Lipinski definition) is 2. The van der Waals surface area contributed by atoms with Crippen LogP contribution in [-0.4, -0.2) is 15.9 Å². The van der Waals surface area contributed by atoms with Crippen LogP contribution >= 0.6 is 0 Å². The average Bonchev–Trinajstić information content (AvgIpc) is 2.95. The van der Waals surface area contributed by atoms with Gasteiger partial charge in [-0.1, -0.05) is 12.1 Å². The highest BCUT2D eigenvalue weighted by molar-refractivity contribution is 5.94. The second kappa shape index (κ2) is 5.40. The Morgan fingerprint density at radius 2 is 2.00 bits per heavy atom. The first-order chi connectivity index (χ1) is 10.1. The van der Waals surface area contributed by atoms with Gasteiger partial charge in [0.15, 0.2) is 0 Å². The summed E-state index contributed by atoms with van der Waals surface area (Å²) in [7, 11) is 0. The van der Waals surface area contributed by atoms with E-state index in [0.717, 1.165) is 22.2 Å². The molecule has 0 bridgehead atoms. The SMILES string of the molecule is Cc1ccc(C(=O)NCc2ccc3nc[nH]c3c2)cc1C. The molecule has 3 rings (SSSR count). The summed E-state index contributed by atoms with van der Waals surface area (Å²) >= 11 is 0. The number of nitrogens with zero attached hydrogens (tertiary/aromatic N) is 1. The Hall–Kier alpha value is -2.62. The number of imidazole rings is 1. The highest BCUT2D eigenvalue weighted by Crippen LogP contribution is 2.12. The van der Waals surface area contributed by atoms with E-state index in [-0.39, 0.29) is 5.91 Å². The Labute approximate surface area is 123 Å². The number of nitrogens with one attached hydrogen (secondary N) is 2. The zero-order valence-corrected chi connectivity index (χ0v) is 12.1. The molecule has 0 radical (unpaired) electrons. The van der Waals surface area contributed by atoms with Crippen LogP contribution in [0.25, 0.3) is 11.0 Å². The molecular formula is C17H17N3O. The first-order valence-corrected chi connectivity index (χ1v) is 6.91. The van der Waals surface area contributed by atoms with Gasteiger partial charge < -0.3 is 10.3 Å². The van der Waals surface area contributed by atoms with E-state index in [9.17, 15) is 4.79 Å². The lowest BCUT2D eigenvalue weighted by Gasteiger charge is -2.07. The minimum Gasteiger partial charge on any atom is -0.348 e. The summed E-state index contributed by atoms with van der Waals surface area (Å²) in [6, 6.07) is 11.7. The molecule has 1 amide bonds. The van der Waals surface area contributed by atoms with Crippen LogP contribution in [0.2, 0.25) is 0 Å². The number of fused-ring (bicyclic) bond motifs is 1. The Balaban J connectivity index is 1.71. The van der Waals surface area contributed by atoms with Crippen molar-refractivity contribution in [2.45, 2.75) is 20.4 Å². The third-order valence-corrected chi connectivity index (χ3v) is 3.71. The zero-order chi connectivity index (χ0) is 14.8. The molecule has 0 atom stereocenters. The number of aromatic nitrogens is 2. The van der Waals surface area contributed by atoms with Gasteiger partial charge in [0, 0.05) is 12.1 Å². The molecule has 0 saturated heterocycles. The number of aromatic amines is 1. The molecule has 4 heteroatoms. The number of carbonyl (C=O) groups is 1. The van der Waals surface area contributed by atoms with Crippen molar-refractivity contribution < 1.29 is 4.79 Å². The Bertz CT molecular complexity index is 805. The van der Waals surface area contributed by atoms with Crippen molar-refractivity contribution in [3.63, 3.8) is 0 Å². The van der Waals surface area contributed by atoms with Gasteiger partial charge in [-0.3, -0.25) is 4.79 Å². The number of aryl methyl sites for hydroxylation is 2. The molecule has 4 nitrogen and oxygen atoms in total. The first kappa shape index (κ1) is 13.4. The van der Waals surface area contributed by atoms with Gasteiger partial charge in [-0.25, -0.2) is 4.98 Å². The molecule has 0 spiro atoms. The zero-order valence-electron chi connectivity index (χ0n) is 12.1. The molecule has 0 unspecified atom stereocenters. The van der Waals surface area contributed by atoms with Gasteiger partial charge in [-0.15, -0.1) is 0 Å². The van der Waals surface area contributed by atoms with Gasteiger partial charge in [-0.05, 0) is 54.8 Å². The molecule has 0 aliphatic heterocycles. The number of hydrogen-bond acceptors (Lipinski definition) is 2. The van der Waals surface area contributed by atoms with E-state index in [1.807, 2.05) is 50.2 Å². The van der Waals surface area contributed by atoms with E-state index in [1.165, 1.54) is 5.56 Å². The Morgan fingerprint density at radius 3 is 2.81 bits per heavy atom. The van der Waals surface area contributed by atoms with Crippen LogP contribution in [0, 0.1) is 13.8 Å². The van der Waals surface area contributed by atoms with Gasteiger partial charge in [0.05, 0.1) is 17.4 Å². The van der Waals surface area contributed by atoms with Gasteiger partial charge >= 0.3 is 0 Å². The predicted octanol–water partition coefficient (Wildman–Crippen LogP) is 3.11. The summed E-state index contributed by atoms with van der Waals surface area (Å²) in [6.45, 7) is 4.55. The Morgan fingerprint density at radius 1 is 1.14 bits per heavy atom. The van der Waals surface area contributed by atoms with Crippen molar-refractivity contribution in [2.75, 3.05) is 0 Å². The monoisotopic (exact) mass is 279 g/mol. The summed E-state index contributed by atoms with van der Waals surface area (Å²) in [6.07, 6.45) is 1.67. The number of benzene rings is 2. The maximum atomic E-state index is 12.2. The number of rotatable bonds is 3. The van der Waals surface area contributed by atoms with E-state index < -0.39 is 0 Å². The summed E-state index contributed by atoms with van der Waals surface area (Å²) in [5.41, 5.74) is 5.97. The van der Waals surface area contributed by atoms with Crippen LogP contribution in [0.5, 0.6) is 0 Å². The second-order valence-electron chi connectivity index (χ2n) is 5.24. The van der Waals surface area contributed by atoms with E-state index in [2.05, 4.69) is 15.3 Å². The maximum Gasteiger partial charge on any atom is 0.251 e. The van der Waals surface area contributed by atoms with Crippen molar-refractivity contribution in [1.82, 2.24) is 15.3 Å². The van der Waals surface area contributed by atoms with Gasteiger partial charge in [-0.2, -0.15) is 0 Å². The molecule has 1 heterocycles. The first-order valence-electron chi connectivity index (χ1n) is 6.91. The van der Waals surface area contributed by atoms with E-state index >= 15 is 0 Å². The van der Waals surface area contributed by atoms with Crippen molar-refractivity contribution in [3.8, 4) is 0 Å². The molecule has 2 aromatic carbocycles. The quantitative estimate of drug-likeness (QED) is 0.774. The number of H-pyrrole nitrogens is 1. The van der Waals surface area contributed by atoms with E-state index in [4.69, 9.17) is 0 Å². The number of amides is 1. The van der Waals surface area contributed by atoms with Crippen molar-refractivity contribution in [2.24, 2.45) is 0 Å². The highest BCUT2D eigenvalue weighted by atomic mass is 16.1. The average molecular weight is 279 g/mol. The molecule has 0 aliphatic carbocycles. The van der Waals surface area contributed by atoms with Crippen LogP contribution in [0.1, 0.15) is 27.0 Å². The minimum absolute atomic E-state index is 0.0530. The second-order valence-corrected chi connectivity index (χ2v) is 5.24. The fourth-order valence-corrected chi connectivity index (χ4v) is 2.26. The standard InChI is InChI=1S/C17H17N3O/c1-11-3-5-14(7-12(11)2)17(21)18-9-13-4-6-15-16(8-13)20-10-19-15/h3-8,10H,9H2,1-2H3,(H,18,21)(H,19,20). The molecule has 106 valence electrons. The normalized spacial score (nSPS) is 10.8. The third kappa shape index (κ3) is 2.79. The lowest BCUT2D eigenvalue weighted by Crippen LogP contribution is -2.22. The van der Waals surface area contributed by atoms with Crippen molar-refractivity contribution >= 4 is 16.9 Å². The van der Waals surface area contributed by atoms with Crippen LogP contribution < -0.4 is 5.32 Å². The molecule has 0 aliphatic rings. The fraction of sp³-hybridized carbons (Fsp3) is 0.176. The van der Waals surface area contributed by atoms with Crippen molar-refractivity contribution in [3.05, 3.63) is 65.0 Å². The van der Waals surface area contributed by atoms with Crippen LogP contribution in [0.4, 0.5) is 0 Å². The summed E-state index contributed by atoms with van der Waals surface area (Å²) in [4.78, 5) is 19.4. The largest absolute Gasteiger partial charge is 0.348 e. The molecule has 2 N–H and O–H groups in total. The lowest BCUT2D eigenvalue weighted by molar-refractivity contribution is 0.0951. The highest BCUT2D eigenvalue weighted by Gasteiger charge is 2.07. The third-order valence-electron chi connectivity index (χ3n) is 3.71. The van der Waals surface area contributed by atoms with Crippen LogP contribution in [-0.2, 0) is 6.54 Å². The molecule has 1 aromatic heterocycles. The maximum absolute atomic E-state index is 12.2. The lowest BCUT2D eigenvalue weighted by atomic mass is 10.1. The Kier molecular flexibility index (Phi) is 3.44. The summed E-state index contributed by atoms with van der Waals surface area (Å²) in [5.74, 6) is -0.0530. The molecular weight excluding hydrogens is 262 g/mol. The summed E-state index contributed by atoms with van der Waals surface area (Å²) < 4.78 is 0. The van der Waals surface area contributed by atoms with E-state index in [1.54, 1.807) is 6.33 Å². The van der Waals surface area contributed by atoms with Gasteiger partial charge in [0.2, 0.25) is 0 Å². The predicted molar refractivity (Wildman–Crippen MR) is 83.2 cm³/mol. The smallest absolute Gasteiger partial charge is 0.251 e. The van der Waals surface area contributed by atoms with Crippen LogP contribution in [0.15, 0.2) is 42.7 Å². The molecule has 21 heavy (non-hydrogen) atoms. The topological polar surface area (TPSA) is 57.8 Å². The number of carbonyl (C=O) groups excluding carboxylic acids is 1. The molecule has 3 aromatic rings. The minimum atomic E-state index is -0.0530. The van der Waals surface area contributed by atoms with E-state index in [0.29, 0.717) is 12.1 Å². The molecule has 0 fully saturated rings. The van der Waals surface area contributed by atoms with Gasteiger partial charge in [0.25, 0.3) is 5.91 Å². The summed E-state index contributed by atoms with van der Waals surface area (Å²) in [5, 5.41) is 2.95. The van der Waals surface area contributed by atoms with Gasteiger partial charge in [0.1, 0.15) is 0 Å². The van der Waals surface area contributed by atoms with Crippen molar-refractivity contribution in [1.29, 1.82) is 0 Å². The van der Waals surface area contributed by atoms with Crippen LogP contribution in [0.3, 0.4) is 0 Å².